The zero-order chi connectivity index (χ0) is 23.0. The van der Waals surface area contributed by atoms with Crippen LogP contribution in [0.4, 0.5) is 4.79 Å². The number of benzene rings is 2. The highest BCUT2D eigenvalue weighted by molar-refractivity contribution is 5.70. The number of carbonyl (C=O) groups is 1. The quantitative estimate of drug-likeness (QED) is 0.483. The van der Waals surface area contributed by atoms with Gasteiger partial charge in [0.05, 0.1) is 19.8 Å². The van der Waals surface area contributed by atoms with Gasteiger partial charge >= 0.3 is 6.09 Å². The zero-order valence-corrected chi connectivity index (χ0v) is 19.5. The van der Waals surface area contributed by atoms with Crippen LogP contribution in [0.15, 0.2) is 72.8 Å². The lowest BCUT2D eigenvalue weighted by molar-refractivity contribution is 0.0342. The molecular formula is C28H34N2O3. The van der Waals surface area contributed by atoms with E-state index in [1.54, 1.807) is 4.90 Å². The first-order chi connectivity index (χ1) is 16.1. The number of rotatable bonds is 9. The van der Waals surface area contributed by atoms with Crippen molar-refractivity contribution in [3.8, 4) is 11.1 Å². The lowest BCUT2D eigenvalue weighted by atomic mass is 10.0. The lowest BCUT2D eigenvalue weighted by Gasteiger charge is -2.26. The predicted octanol–water partition coefficient (Wildman–Crippen LogP) is 5.42. The maximum absolute atomic E-state index is 12.3. The Bertz CT molecular complexity index is 960. The summed E-state index contributed by atoms with van der Waals surface area (Å²) < 4.78 is 11.0. The minimum atomic E-state index is -0.257. The number of ether oxygens (including phenoxy) is 2. The van der Waals surface area contributed by atoms with E-state index in [1.807, 2.05) is 13.0 Å². The summed E-state index contributed by atoms with van der Waals surface area (Å²) in [5.74, 6) is 0. The van der Waals surface area contributed by atoms with Crippen LogP contribution in [0, 0.1) is 0 Å². The summed E-state index contributed by atoms with van der Waals surface area (Å²) in [6, 6.07) is 17.2. The summed E-state index contributed by atoms with van der Waals surface area (Å²) in [6.07, 6.45) is 5.45. The van der Waals surface area contributed by atoms with Crippen LogP contribution in [0.1, 0.15) is 30.9 Å². The molecule has 2 saturated heterocycles. The van der Waals surface area contributed by atoms with E-state index in [1.165, 1.54) is 16.7 Å². The van der Waals surface area contributed by atoms with Gasteiger partial charge in [-0.2, -0.15) is 0 Å². The SMILES string of the molecule is C=C(CC/C=C\C)C1CN(Cc2ccc(-c3ccc(CN4CCOCC4)cc3)cc2)C(=O)O1. The third-order valence-corrected chi connectivity index (χ3v) is 6.34. The number of cyclic esters (lactones) is 1. The molecule has 33 heavy (non-hydrogen) atoms. The Morgan fingerprint density at radius 3 is 2.21 bits per heavy atom. The molecule has 0 N–H and O–H groups in total. The molecule has 2 aromatic rings. The molecule has 0 aromatic heterocycles. The molecule has 5 nitrogen and oxygen atoms in total. The second-order valence-electron chi connectivity index (χ2n) is 8.80. The van der Waals surface area contributed by atoms with Gasteiger partial charge in [-0.3, -0.25) is 9.80 Å². The Morgan fingerprint density at radius 2 is 1.61 bits per heavy atom. The molecule has 0 saturated carbocycles. The maximum Gasteiger partial charge on any atom is 0.410 e. The zero-order valence-electron chi connectivity index (χ0n) is 19.5. The number of allylic oxidation sites excluding steroid dienone is 2. The first kappa shape index (κ1) is 23.3. The fraction of sp³-hybridized carbons (Fsp3) is 0.393. The highest BCUT2D eigenvalue weighted by Crippen LogP contribution is 2.24. The minimum absolute atomic E-state index is 0.210. The van der Waals surface area contributed by atoms with Crippen LogP contribution in [0.2, 0.25) is 0 Å². The van der Waals surface area contributed by atoms with Crippen molar-refractivity contribution in [2.24, 2.45) is 0 Å². The Balaban J connectivity index is 1.31. The second-order valence-corrected chi connectivity index (χ2v) is 8.80. The molecule has 0 radical (unpaired) electrons. The molecule has 0 aliphatic carbocycles. The Morgan fingerprint density at radius 1 is 1.00 bits per heavy atom. The van der Waals surface area contributed by atoms with E-state index in [2.05, 4.69) is 66.1 Å². The van der Waals surface area contributed by atoms with E-state index in [0.717, 1.165) is 56.8 Å². The molecule has 0 bridgehead atoms. The van der Waals surface area contributed by atoms with Crippen molar-refractivity contribution in [3.63, 3.8) is 0 Å². The molecule has 2 fully saturated rings. The summed E-state index contributed by atoms with van der Waals surface area (Å²) >= 11 is 0. The first-order valence-electron chi connectivity index (χ1n) is 11.8. The third-order valence-electron chi connectivity index (χ3n) is 6.34. The van der Waals surface area contributed by atoms with E-state index in [-0.39, 0.29) is 12.2 Å². The van der Waals surface area contributed by atoms with Crippen LogP contribution in [-0.4, -0.2) is 54.8 Å². The van der Waals surface area contributed by atoms with E-state index in [0.29, 0.717) is 13.1 Å². The summed E-state index contributed by atoms with van der Waals surface area (Å²) in [5.41, 5.74) is 5.78. The van der Waals surface area contributed by atoms with Crippen molar-refractivity contribution < 1.29 is 14.3 Å². The van der Waals surface area contributed by atoms with Gasteiger partial charge in [0.2, 0.25) is 0 Å². The molecule has 4 rings (SSSR count). The average Bonchev–Trinajstić information content (AvgIpc) is 3.21. The Kier molecular flexibility index (Phi) is 7.97. The van der Waals surface area contributed by atoms with Crippen LogP contribution >= 0.6 is 0 Å². The van der Waals surface area contributed by atoms with E-state index in [9.17, 15) is 4.79 Å². The van der Waals surface area contributed by atoms with Gasteiger partial charge in [-0.1, -0.05) is 67.3 Å². The first-order valence-corrected chi connectivity index (χ1v) is 11.8. The van der Waals surface area contributed by atoms with E-state index in [4.69, 9.17) is 9.47 Å². The summed E-state index contributed by atoms with van der Waals surface area (Å²) in [7, 11) is 0. The van der Waals surface area contributed by atoms with Crippen molar-refractivity contribution in [1.82, 2.24) is 9.80 Å². The fourth-order valence-electron chi connectivity index (χ4n) is 4.29. The van der Waals surface area contributed by atoms with Gasteiger partial charge in [0, 0.05) is 26.2 Å². The van der Waals surface area contributed by atoms with Crippen molar-refractivity contribution in [1.29, 1.82) is 0 Å². The van der Waals surface area contributed by atoms with Crippen LogP contribution in [-0.2, 0) is 22.6 Å². The topological polar surface area (TPSA) is 42.0 Å². The number of nitrogens with zero attached hydrogens (tertiary/aromatic N) is 2. The fourth-order valence-corrected chi connectivity index (χ4v) is 4.29. The van der Waals surface area contributed by atoms with E-state index < -0.39 is 0 Å². The van der Waals surface area contributed by atoms with Crippen molar-refractivity contribution in [2.75, 3.05) is 32.8 Å². The normalized spacial score (nSPS) is 19.2. The molecule has 1 atom stereocenters. The highest BCUT2D eigenvalue weighted by atomic mass is 16.6. The van der Waals surface area contributed by atoms with Gasteiger partial charge in [-0.05, 0) is 47.6 Å². The number of hydrogen-bond acceptors (Lipinski definition) is 4. The minimum Gasteiger partial charge on any atom is -0.440 e. The van der Waals surface area contributed by atoms with Crippen LogP contribution in [0.25, 0.3) is 11.1 Å². The number of morpholine rings is 1. The number of carbonyl (C=O) groups excluding carboxylic acids is 1. The lowest BCUT2D eigenvalue weighted by Crippen LogP contribution is -2.35. The van der Waals surface area contributed by atoms with Gasteiger partial charge in [-0.15, -0.1) is 0 Å². The molecule has 1 amide bonds. The summed E-state index contributed by atoms with van der Waals surface area (Å²) in [4.78, 5) is 16.5. The monoisotopic (exact) mass is 446 g/mol. The van der Waals surface area contributed by atoms with Crippen LogP contribution in [0.5, 0.6) is 0 Å². The maximum atomic E-state index is 12.3. The molecule has 5 heteroatoms. The number of amides is 1. The molecule has 2 aromatic carbocycles. The average molecular weight is 447 g/mol. The Hall–Kier alpha value is -2.89. The Labute approximate surface area is 197 Å². The van der Waals surface area contributed by atoms with Gasteiger partial charge < -0.3 is 9.47 Å². The van der Waals surface area contributed by atoms with Crippen molar-refractivity contribution in [2.45, 2.75) is 39.0 Å². The molecule has 2 aliphatic rings. The van der Waals surface area contributed by atoms with Gasteiger partial charge in [0.1, 0.15) is 6.10 Å². The number of hydrogen-bond donors (Lipinski definition) is 0. The van der Waals surface area contributed by atoms with Crippen molar-refractivity contribution in [3.05, 3.63) is 84.0 Å². The second kappa shape index (κ2) is 11.3. The van der Waals surface area contributed by atoms with Crippen LogP contribution in [0.3, 0.4) is 0 Å². The smallest absolute Gasteiger partial charge is 0.410 e. The molecule has 1 unspecified atom stereocenters. The summed E-state index contributed by atoms with van der Waals surface area (Å²) in [5, 5.41) is 0. The highest BCUT2D eigenvalue weighted by Gasteiger charge is 2.32. The molecule has 2 aliphatic heterocycles. The van der Waals surface area contributed by atoms with E-state index >= 15 is 0 Å². The standard InChI is InChI=1S/C28H34N2O3/c1-3-4-5-6-22(2)27-21-30(28(31)33-27)20-24-9-13-26(14-10-24)25-11-7-23(8-12-25)19-29-15-17-32-18-16-29/h3-4,7-14,27H,2,5-6,15-21H2,1H3/b4-3-. The molecule has 174 valence electrons. The third kappa shape index (κ3) is 6.34. The van der Waals surface area contributed by atoms with Gasteiger partial charge in [-0.25, -0.2) is 4.79 Å². The molecular weight excluding hydrogens is 412 g/mol. The van der Waals surface area contributed by atoms with Crippen LogP contribution < -0.4 is 0 Å². The molecule has 0 spiro atoms. The molecule has 2 heterocycles. The largest absolute Gasteiger partial charge is 0.440 e. The summed E-state index contributed by atoms with van der Waals surface area (Å²) in [6.45, 7) is 11.9. The van der Waals surface area contributed by atoms with Crippen molar-refractivity contribution >= 4 is 6.09 Å². The van der Waals surface area contributed by atoms with Gasteiger partial charge in [0.15, 0.2) is 0 Å². The van der Waals surface area contributed by atoms with Gasteiger partial charge in [0.25, 0.3) is 0 Å². The predicted molar refractivity (Wildman–Crippen MR) is 132 cm³/mol.